The van der Waals surface area contributed by atoms with Gasteiger partial charge < -0.3 is 10.1 Å². The Labute approximate surface area is 113 Å². The molecule has 1 saturated carbocycles. The van der Waals surface area contributed by atoms with Crippen molar-refractivity contribution in [3.8, 4) is 5.75 Å². The van der Waals surface area contributed by atoms with Gasteiger partial charge in [-0.25, -0.2) is 0 Å². The van der Waals surface area contributed by atoms with Crippen molar-refractivity contribution in [3.63, 3.8) is 0 Å². The highest BCUT2D eigenvalue weighted by molar-refractivity contribution is 5.69. The summed E-state index contributed by atoms with van der Waals surface area (Å²) < 4.78 is 5.36. The molecule has 0 unspecified atom stereocenters. The largest absolute Gasteiger partial charge is 0.487 e. The number of ether oxygens (including phenoxy) is 1. The number of nitro benzene ring substituents is 1. The molecule has 2 rings (SSSR count). The summed E-state index contributed by atoms with van der Waals surface area (Å²) in [6, 6.07) is 5.20. The SMILES string of the molecule is CCOc1cccc(NC2(CC)CCC2)c1[N+](=O)[O-]. The van der Waals surface area contributed by atoms with Gasteiger partial charge in [-0.15, -0.1) is 0 Å². The lowest BCUT2D eigenvalue weighted by molar-refractivity contribution is -0.385. The van der Waals surface area contributed by atoms with Crippen LogP contribution in [0.5, 0.6) is 5.75 Å². The van der Waals surface area contributed by atoms with Crippen molar-refractivity contribution in [1.29, 1.82) is 0 Å². The standard InChI is InChI=1S/C14H20N2O3/c1-3-14(9-6-10-14)15-11-7-5-8-12(19-4-2)13(11)16(17)18/h5,7-8,15H,3-4,6,9-10H2,1-2H3. The third-order valence-electron chi connectivity index (χ3n) is 3.87. The zero-order valence-corrected chi connectivity index (χ0v) is 11.4. The fourth-order valence-corrected chi connectivity index (χ4v) is 2.54. The van der Waals surface area contributed by atoms with Gasteiger partial charge in [-0.2, -0.15) is 0 Å². The van der Waals surface area contributed by atoms with Gasteiger partial charge in [-0.05, 0) is 44.7 Å². The zero-order chi connectivity index (χ0) is 13.9. The predicted octanol–water partition coefficient (Wildman–Crippen LogP) is 3.74. The van der Waals surface area contributed by atoms with Crippen LogP contribution >= 0.6 is 0 Å². The molecule has 19 heavy (non-hydrogen) atoms. The summed E-state index contributed by atoms with van der Waals surface area (Å²) in [4.78, 5) is 10.9. The van der Waals surface area contributed by atoms with Gasteiger partial charge in [0, 0.05) is 5.54 Å². The molecule has 1 aliphatic carbocycles. The van der Waals surface area contributed by atoms with Crippen molar-refractivity contribution >= 4 is 11.4 Å². The molecule has 104 valence electrons. The van der Waals surface area contributed by atoms with Crippen LogP contribution in [0.4, 0.5) is 11.4 Å². The van der Waals surface area contributed by atoms with E-state index in [1.54, 1.807) is 18.2 Å². The third-order valence-corrected chi connectivity index (χ3v) is 3.87. The second-order valence-electron chi connectivity index (χ2n) is 4.95. The number of nitro groups is 1. The lowest BCUT2D eigenvalue weighted by Gasteiger charge is -2.42. The Hall–Kier alpha value is -1.78. The molecule has 0 saturated heterocycles. The molecular weight excluding hydrogens is 244 g/mol. The van der Waals surface area contributed by atoms with Crippen molar-refractivity contribution < 1.29 is 9.66 Å². The maximum atomic E-state index is 11.3. The fourth-order valence-electron chi connectivity index (χ4n) is 2.54. The van der Waals surface area contributed by atoms with Gasteiger partial charge in [-0.1, -0.05) is 13.0 Å². The Kier molecular flexibility index (Phi) is 3.93. The second-order valence-corrected chi connectivity index (χ2v) is 4.95. The number of nitrogens with zero attached hydrogens (tertiary/aromatic N) is 1. The van der Waals surface area contributed by atoms with E-state index in [0.29, 0.717) is 18.0 Å². The van der Waals surface area contributed by atoms with E-state index in [1.807, 2.05) is 6.92 Å². The lowest BCUT2D eigenvalue weighted by atomic mass is 9.74. The minimum atomic E-state index is -0.366. The van der Waals surface area contributed by atoms with E-state index in [2.05, 4.69) is 12.2 Å². The second kappa shape index (κ2) is 5.47. The molecule has 1 aromatic rings. The van der Waals surface area contributed by atoms with Crippen molar-refractivity contribution in [2.75, 3.05) is 11.9 Å². The molecular formula is C14H20N2O3. The summed E-state index contributed by atoms with van der Waals surface area (Å²) in [5.74, 6) is 0.336. The van der Waals surface area contributed by atoms with Gasteiger partial charge in [0.15, 0.2) is 5.75 Å². The zero-order valence-electron chi connectivity index (χ0n) is 11.4. The molecule has 1 aliphatic rings. The topological polar surface area (TPSA) is 64.4 Å². The van der Waals surface area contributed by atoms with E-state index >= 15 is 0 Å². The van der Waals surface area contributed by atoms with E-state index in [1.165, 1.54) is 6.42 Å². The Morgan fingerprint density at radius 1 is 1.42 bits per heavy atom. The minimum Gasteiger partial charge on any atom is -0.487 e. The lowest BCUT2D eigenvalue weighted by Crippen LogP contribution is -2.44. The first-order valence-electron chi connectivity index (χ1n) is 6.80. The molecule has 5 nitrogen and oxygen atoms in total. The van der Waals surface area contributed by atoms with Crippen LogP contribution in [0.25, 0.3) is 0 Å². The van der Waals surface area contributed by atoms with Gasteiger partial charge in [0.25, 0.3) is 0 Å². The molecule has 0 aliphatic heterocycles. The first kappa shape index (κ1) is 13.6. The number of hydrogen-bond donors (Lipinski definition) is 1. The van der Waals surface area contributed by atoms with Crippen LogP contribution in [0.15, 0.2) is 18.2 Å². The smallest absolute Gasteiger partial charge is 0.333 e. The van der Waals surface area contributed by atoms with Crippen LogP contribution in [-0.4, -0.2) is 17.1 Å². The normalized spacial score (nSPS) is 16.5. The van der Waals surface area contributed by atoms with Gasteiger partial charge in [-0.3, -0.25) is 10.1 Å². The molecule has 0 aromatic heterocycles. The number of benzene rings is 1. The van der Waals surface area contributed by atoms with E-state index in [-0.39, 0.29) is 16.1 Å². The van der Waals surface area contributed by atoms with Crippen molar-refractivity contribution in [1.82, 2.24) is 0 Å². The van der Waals surface area contributed by atoms with E-state index in [0.717, 1.165) is 19.3 Å². The minimum absolute atomic E-state index is 0.0234. The Morgan fingerprint density at radius 2 is 2.16 bits per heavy atom. The number of anilines is 1. The number of nitrogens with one attached hydrogen (secondary N) is 1. The first-order chi connectivity index (χ1) is 9.12. The molecule has 0 atom stereocenters. The van der Waals surface area contributed by atoms with Crippen LogP contribution in [0.3, 0.4) is 0 Å². The predicted molar refractivity (Wildman–Crippen MR) is 74.8 cm³/mol. The van der Waals surface area contributed by atoms with Crippen molar-refractivity contribution in [2.45, 2.75) is 45.1 Å². The number of hydrogen-bond acceptors (Lipinski definition) is 4. The maximum absolute atomic E-state index is 11.3. The number of para-hydroxylation sites is 1. The maximum Gasteiger partial charge on any atom is 0.333 e. The number of rotatable bonds is 6. The Morgan fingerprint density at radius 3 is 2.63 bits per heavy atom. The highest BCUT2D eigenvalue weighted by Crippen LogP contribution is 2.42. The monoisotopic (exact) mass is 264 g/mol. The van der Waals surface area contributed by atoms with E-state index in [9.17, 15) is 10.1 Å². The summed E-state index contributed by atoms with van der Waals surface area (Å²) in [6.45, 7) is 4.36. The van der Waals surface area contributed by atoms with E-state index < -0.39 is 0 Å². The van der Waals surface area contributed by atoms with Crippen molar-refractivity contribution in [2.24, 2.45) is 0 Å². The average molecular weight is 264 g/mol. The van der Waals surface area contributed by atoms with Crippen molar-refractivity contribution in [3.05, 3.63) is 28.3 Å². The molecule has 0 spiro atoms. The highest BCUT2D eigenvalue weighted by Gasteiger charge is 2.37. The quantitative estimate of drug-likeness (QED) is 0.628. The first-order valence-corrected chi connectivity index (χ1v) is 6.80. The Bertz CT molecular complexity index is 464. The summed E-state index contributed by atoms with van der Waals surface area (Å²) in [5, 5.41) is 14.7. The van der Waals surface area contributed by atoms with E-state index in [4.69, 9.17) is 4.74 Å². The summed E-state index contributed by atoms with van der Waals surface area (Å²) in [7, 11) is 0. The summed E-state index contributed by atoms with van der Waals surface area (Å²) in [6.07, 6.45) is 4.29. The van der Waals surface area contributed by atoms with Gasteiger partial charge >= 0.3 is 5.69 Å². The fraction of sp³-hybridized carbons (Fsp3) is 0.571. The molecule has 0 radical (unpaired) electrons. The molecule has 0 heterocycles. The summed E-state index contributed by atoms with van der Waals surface area (Å²) in [5.41, 5.74) is 0.636. The third kappa shape index (κ3) is 2.64. The molecule has 1 aromatic carbocycles. The van der Waals surface area contributed by atoms with Crippen LogP contribution in [0.1, 0.15) is 39.5 Å². The van der Waals surface area contributed by atoms with Crippen LogP contribution in [0, 0.1) is 10.1 Å². The molecule has 5 heteroatoms. The Balaban J connectivity index is 2.33. The van der Waals surface area contributed by atoms with Gasteiger partial charge in [0.2, 0.25) is 0 Å². The molecule has 0 bridgehead atoms. The highest BCUT2D eigenvalue weighted by atomic mass is 16.6. The summed E-state index contributed by atoms with van der Waals surface area (Å²) >= 11 is 0. The molecule has 0 amide bonds. The van der Waals surface area contributed by atoms with Gasteiger partial charge in [0.05, 0.1) is 11.5 Å². The molecule has 1 fully saturated rings. The van der Waals surface area contributed by atoms with Crippen LogP contribution in [0.2, 0.25) is 0 Å². The van der Waals surface area contributed by atoms with Gasteiger partial charge in [0.1, 0.15) is 5.69 Å². The molecule has 1 N–H and O–H groups in total. The van der Waals surface area contributed by atoms with Crippen LogP contribution < -0.4 is 10.1 Å². The van der Waals surface area contributed by atoms with Crippen LogP contribution in [-0.2, 0) is 0 Å². The average Bonchev–Trinajstić information content (AvgIpc) is 2.34.